The van der Waals surface area contributed by atoms with Crippen molar-refractivity contribution >= 4 is 46.2 Å². The summed E-state index contributed by atoms with van der Waals surface area (Å²) in [6.45, 7) is 2.63. The summed E-state index contributed by atoms with van der Waals surface area (Å²) in [6, 6.07) is 8.41. The lowest BCUT2D eigenvalue weighted by Gasteiger charge is -2.31. The Hall–Kier alpha value is -2.79. The van der Waals surface area contributed by atoms with Crippen molar-refractivity contribution in [1.29, 1.82) is 0 Å². The Morgan fingerprint density at radius 2 is 1.97 bits per heavy atom. The number of aliphatic hydroxyl groups is 1. The van der Waals surface area contributed by atoms with E-state index in [1.807, 2.05) is 0 Å². The number of hydrogen-bond donors (Lipinski definition) is 1. The molecule has 1 aromatic carbocycles. The second-order valence-corrected chi connectivity index (χ2v) is 8.16. The SMILES string of the molecule is CC[C@@]1(O)[C@@H](COC(=O)c2ccccc2)O[C@@H](n2ncc3c(Cl)nc(Cl)nc32)[C@@H]1OC(C)=O. The molecule has 0 saturated carbocycles. The van der Waals surface area contributed by atoms with Gasteiger partial charge in [-0.25, -0.2) is 14.5 Å². The number of ether oxygens (including phenoxy) is 3. The molecule has 3 aromatic rings. The highest BCUT2D eigenvalue weighted by molar-refractivity contribution is 6.35. The maximum absolute atomic E-state index is 12.4. The predicted molar refractivity (Wildman–Crippen MR) is 117 cm³/mol. The zero-order valence-corrected chi connectivity index (χ0v) is 19.2. The van der Waals surface area contributed by atoms with E-state index in [9.17, 15) is 14.7 Å². The average molecular weight is 495 g/mol. The van der Waals surface area contributed by atoms with Gasteiger partial charge in [0.05, 0.1) is 17.1 Å². The fraction of sp³-hybridized carbons (Fsp3) is 0.381. The summed E-state index contributed by atoms with van der Waals surface area (Å²) in [7, 11) is 0. The first-order valence-electron chi connectivity index (χ1n) is 10.1. The van der Waals surface area contributed by atoms with E-state index in [1.165, 1.54) is 17.8 Å². The van der Waals surface area contributed by atoms with E-state index in [0.717, 1.165) is 0 Å². The van der Waals surface area contributed by atoms with Crippen LogP contribution in [-0.4, -0.2) is 61.2 Å². The van der Waals surface area contributed by atoms with Crippen molar-refractivity contribution in [2.24, 2.45) is 0 Å². The van der Waals surface area contributed by atoms with E-state index in [-0.39, 0.29) is 29.1 Å². The molecule has 1 aliphatic rings. The van der Waals surface area contributed by atoms with Crippen LogP contribution >= 0.6 is 23.2 Å². The molecule has 4 atom stereocenters. The van der Waals surface area contributed by atoms with Gasteiger partial charge < -0.3 is 19.3 Å². The van der Waals surface area contributed by atoms with Crippen molar-refractivity contribution in [2.75, 3.05) is 6.61 Å². The van der Waals surface area contributed by atoms with Crippen molar-refractivity contribution in [3.8, 4) is 0 Å². The zero-order chi connectivity index (χ0) is 23.8. The van der Waals surface area contributed by atoms with Crippen LogP contribution in [0.2, 0.25) is 10.4 Å². The number of carbonyl (C=O) groups is 2. The monoisotopic (exact) mass is 494 g/mol. The molecule has 0 radical (unpaired) electrons. The van der Waals surface area contributed by atoms with Crippen LogP contribution in [0.5, 0.6) is 0 Å². The van der Waals surface area contributed by atoms with Crippen LogP contribution in [0.3, 0.4) is 0 Å². The number of fused-ring (bicyclic) bond motifs is 1. The molecular weight excluding hydrogens is 475 g/mol. The molecule has 4 rings (SSSR count). The molecule has 0 unspecified atom stereocenters. The van der Waals surface area contributed by atoms with E-state index in [2.05, 4.69) is 15.1 Å². The van der Waals surface area contributed by atoms with Crippen molar-refractivity contribution in [1.82, 2.24) is 19.7 Å². The number of carbonyl (C=O) groups excluding carboxylic acids is 2. The second-order valence-electron chi connectivity index (χ2n) is 7.46. The Balaban J connectivity index is 1.67. The maximum atomic E-state index is 12.4. The first-order valence-corrected chi connectivity index (χ1v) is 10.8. The molecule has 174 valence electrons. The number of benzene rings is 1. The van der Waals surface area contributed by atoms with Crippen LogP contribution in [0.15, 0.2) is 36.5 Å². The van der Waals surface area contributed by atoms with Crippen LogP contribution in [0.4, 0.5) is 0 Å². The Labute approximate surface area is 198 Å². The van der Waals surface area contributed by atoms with Crippen LogP contribution in [0.1, 0.15) is 36.9 Å². The molecule has 3 heterocycles. The van der Waals surface area contributed by atoms with Gasteiger partial charge in [-0.1, -0.05) is 36.7 Å². The summed E-state index contributed by atoms with van der Waals surface area (Å²) in [5.41, 5.74) is -1.11. The van der Waals surface area contributed by atoms with E-state index in [1.54, 1.807) is 37.3 Å². The second kappa shape index (κ2) is 9.22. The summed E-state index contributed by atoms with van der Waals surface area (Å²) >= 11 is 12.1. The molecule has 33 heavy (non-hydrogen) atoms. The Kier molecular flexibility index (Phi) is 6.53. The van der Waals surface area contributed by atoms with E-state index in [4.69, 9.17) is 37.4 Å². The fourth-order valence-corrected chi connectivity index (χ4v) is 4.21. The first-order chi connectivity index (χ1) is 15.7. The van der Waals surface area contributed by atoms with Crippen molar-refractivity contribution < 1.29 is 28.9 Å². The van der Waals surface area contributed by atoms with E-state index >= 15 is 0 Å². The van der Waals surface area contributed by atoms with Gasteiger partial charge in [0.2, 0.25) is 5.28 Å². The Bertz CT molecular complexity index is 1190. The van der Waals surface area contributed by atoms with Gasteiger partial charge in [0.1, 0.15) is 23.5 Å². The third-order valence-electron chi connectivity index (χ3n) is 5.47. The van der Waals surface area contributed by atoms with Gasteiger partial charge in [-0.05, 0) is 30.2 Å². The minimum Gasteiger partial charge on any atom is -0.459 e. The van der Waals surface area contributed by atoms with Gasteiger partial charge in [0.25, 0.3) is 0 Å². The number of nitrogens with zero attached hydrogens (tertiary/aromatic N) is 4. The topological polar surface area (TPSA) is 126 Å². The van der Waals surface area contributed by atoms with E-state index < -0.39 is 36.0 Å². The van der Waals surface area contributed by atoms with E-state index in [0.29, 0.717) is 10.9 Å². The lowest BCUT2D eigenvalue weighted by Crippen LogP contribution is -2.50. The lowest BCUT2D eigenvalue weighted by atomic mass is 9.89. The molecule has 1 N–H and O–H groups in total. The normalized spacial score (nSPS) is 24.7. The number of aromatic nitrogens is 4. The van der Waals surface area contributed by atoms with Gasteiger partial charge in [-0.3, -0.25) is 4.79 Å². The summed E-state index contributed by atoms with van der Waals surface area (Å²) in [4.78, 5) is 32.3. The minimum atomic E-state index is -1.69. The van der Waals surface area contributed by atoms with Gasteiger partial charge in [-0.2, -0.15) is 10.1 Å². The Morgan fingerprint density at radius 3 is 2.64 bits per heavy atom. The third kappa shape index (κ3) is 4.39. The summed E-state index contributed by atoms with van der Waals surface area (Å²) < 4.78 is 18.2. The van der Waals surface area contributed by atoms with Crippen LogP contribution in [0, 0.1) is 0 Å². The molecule has 0 bridgehead atoms. The molecule has 10 nitrogen and oxygen atoms in total. The van der Waals surface area contributed by atoms with Crippen molar-refractivity contribution in [3.05, 3.63) is 52.5 Å². The predicted octanol–water partition coefficient (Wildman–Crippen LogP) is 2.96. The van der Waals surface area contributed by atoms with Gasteiger partial charge in [-0.15, -0.1) is 0 Å². The summed E-state index contributed by atoms with van der Waals surface area (Å²) in [6.07, 6.45) is -1.77. The number of halogens is 2. The average Bonchev–Trinajstić information content (AvgIpc) is 3.32. The first kappa shape index (κ1) is 23.4. The summed E-state index contributed by atoms with van der Waals surface area (Å²) in [5, 5.41) is 16.1. The Morgan fingerprint density at radius 1 is 1.24 bits per heavy atom. The molecule has 1 aliphatic heterocycles. The smallest absolute Gasteiger partial charge is 0.338 e. The maximum Gasteiger partial charge on any atom is 0.338 e. The molecule has 2 aromatic heterocycles. The number of hydrogen-bond acceptors (Lipinski definition) is 9. The lowest BCUT2D eigenvalue weighted by molar-refractivity contribution is -0.164. The van der Waals surface area contributed by atoms with Crippen molar-refractivity contribution in [3.63, 3.8) is 0 Å². The highest BCUT2D eigenvalue weighted by atomic mass is 35.5. The molecule has 12 heteroatoms. The molecule has 0 amide bonds. The largest absolute Gasteiger partial charge is 0.459 e. The minimum absolute atomic E-state index is 0.0809. The fourth-order valence-electron chi connectivity index (χ4n) is 3.79. The number of rotatable bonds is 6. The van der Waals surface area contributed by atoms with Crippen LogP contribution < -0.4 is 0 Å². The standard InChI is InChI=1S/C21H20Cl2N4O6/c1-3-21(30)14(10-31-19(29)12-7-5-4-6-8-12)33-18(15(21)32-11(2)28)27-17-13(9-24-27)16(22)25-20(23)26-17/h4-9,14-15,18,30H,3,10H2,1-2H3/t14-,15+,18-,21-/m1/s1. The number of esters is 2. The van der Waals surface area contributed by atoms with Crippen LogP contribution in [0.25, 0.3) is 11.0 Å². The molecular formula is C21H20Cl2N4O6. The zero-order valence-electron chi connectivity index (χ0n) is 17.6. The van der Waals surface area contributed by atoms with Gasteiger partial charge >= 0.3 is 11.9 Å². The van der Waals surface area contributed by atoms with Crippen LogP contribution in [-0.2, 0) is 19.0 Å². The molecule has 1 fully saturated rings. The highest BCUT2D eigenvalue weighted by Crippen LogP contribution is 2.42. The molecule has 0 aliphatic carbocycles. The van der Waals surface area contributed by atoms with Gasteiger partial charge in [0.15, 0.2) is 18.0 Å². The molecule has 0 spiro atoms. The van der Waals surface area contributed by atoms with Gasteiger partial charge in [0, 0.05) is 6.92 Å². The third-order valence-corrected chi connectivity index (χ3v) is 5.93. The van der Waals surface area contributed by atoms with Crippen molar-refractivity contribution in [2.45, 2.75) is 44.3 Å². The quantitative estimate of drug-likeness (QED) is 0.312. The highest BCUT2D eigenvalue weighted by Gasteiger charge is 2.58. The summed E-state index contributed by atoms with van der Waals surface area (Å²) in [5.74, 6) is -1.22. The molecule has 1 saturated heterocycles.